The van der Waals surface area contributed by atoms with Crippen molar-refractivity contribution < 1.29 is 9.53 Å². The van der Waals surface area contributed by atoms with Crippen LogP contribution in [0.25, 0.3) is 0 Å². The normalized spacial score (nSPS) is 16.9. The van der Waals surface area contributed by atoms with Crippen LogP contribution >= 0.6 is 27.5 Å². The van der Waals surface area contributed by atoms with Gasteiger partial charge in [0, 0.05) is 28.1 Å². The van der Waals surface area contributed by atoms with Crippen molar-refractivity contribution in [3.63, 3.8) is 0 Å². The Kier molecular flexibility index (Phi) is 6.57. The first-order valence-electron chi connectivity index (χ1n) is 8.35. The molecule has 1 aromatic rings. The molecule has 0 radical (unpaired) electrons. The van der Waals surface area contributed by atoms with Gasteiger partial charge in [-0.1, -0.05) is 46.4 Å². The summed E-state index contributed by atoms with van der Waals surface area (Å²) >= 11 is 9.55. The summed E-state index contributed by atoms with van der Waals surface area (Å²) in [4.78, 5) is 11.9. The molecule has 2 rings (SSSR count). The van der Waals surface area contributed by atoms with E-state index in [4.69, 9.17) is 16.3 Å². The number of carbonyl (C=O) groups excluding carboxylic acids is 1. The maximum Gasteiger partial charge on any atom is 0.407 e. The lowest BCUT2D eigenvalue weighted by Crippen LogP contribution is -2.52. The van der Waals surface area contributed by atoms with Gasteiger partial charge in [-0.05, 0) is 51.3 Å². The number of hydrogen-bond acceptors (Lipinski definition) is 3. The van der Waals surface area contributed by atoms with Crippen molar-refractivity contribution in [3.8, 4) is 0 Å². The molecule has 0 saturated heterocycles. The van der Waals surface area contributed by atoms with E-state index < -0.39 is 5.60 Å². The zero-order valence-corrected chi connectivity index (χ0v) is 16.9. The molecule has 134 valence electrons. The van der Waals surface area contributed by atoms with Gasteiger partial charge in [0.15, 0.2) is 0 Å². The van der Waals surface area contributed by atoms with Crippen molar-refractivity contribution in [2.45, 2.75) is 64.1 Å². The van der Waals surface area contributed by atoms with E-state index in [1.54, 1.807) is 0 Å². The number of amides is 1. The Morgan fingerprint density at radius 1 is 1.33 bits per heavy atom. The van der Waals surface area contributed by atoms with Crippen LogP contribution in [0.4, 0.5) is 4.79 Å². The zero-order chi connectivity index (χ0) is 17.8. The van der Waals surface area contributed by atoms with E-state index in [2.05, 4.69) is 26.6 Å². The standard InChI is InChI=1S/C18H26BrClN2O2/c1-17(2,3)24-16(23)21-12-18(8-4-5-9-18)22-11-13-6-7-14(20)10-15(13)19/h6-7,10,22H,4-5,8-9,11-12H2,1-3H3,(H,21,23). The molecule has 2 N–H and O–H groups in total. The van der Waals surface area contributed by atoms with Crippen LogP contribution in [0, 0.1) is 0 Å². The Labute approximate surface area is 157 Å². The lowest BCUT2D eigenvalue weighted by molar-refractivity contribution is 0.0509. The molecule has 0 bridgehead atoms. The first-order valence-corrected chi connectivity index (χ1v) is 9.52. The smallest absolute Gasteiger partial charge is 0.407 e. The van der Waals surface area contributed by atoms with Crippen LogP contribution in [0.1, 0.15) is 52.0 Å². The van der Waals surface area contributed by atoms with E-state index in [9.17, 15) is 4.79 Å². The third-order valence-corrected chi connectivity index (χ3v) is 5.17. The third kappa shape index (κ3) is 5.94. The predicted octanol–water partition coefficient (Wildman–Crippen LogP) is 5.03. The van der Waals surface area contributed by atoms with Crippen molar-refractivity contribution >= 4 is 33.6 Å². The van der Waals surface area contributed by atoms with Gasteiger partial charge in [0.1, 0.15) is 5.60 Å². The molecule has 0 spiro atoms. The Morgan fingerprint density at radius 3 is 2.58 bits per heavy atom. The van der Waals surface area contributed by atoms with E-state index in [0.29, 0.717) is 11.6 Å². The fraction of sp³-hybridized carbons (Fsp3) is 0.611. The topological polar surface area (TPSA) is 50.4 Å². The van der Waals surface area contributed by atoms with Gasteiger partial charge in [0.2, 0.25) is 0 Å². The summed E-state index contributed by atoms with van der Waals surface area (Å²) in [5.74, 6) is 0. The molecule has 1 aliphatic carbocycles. The maximum atomic E-state index is 11.9. The molecule has 1 saturated carbocycles. The van der Waals surface area contributed by atoms with Gasteiger partial charge in [0.25, 0.3) is 0 Å². The number of alkyl carbamates (subject to hydrolysis) is 1. The maximum absolute atomic E-state index is 11.9. The monoisotopic (exact) mass is 416 g/mol. The third-order valence-electron chi connectivity index (χ3n) is 4.20. The molecule has 6 heteroatoms. The molecular weight excluding hydrogens is 392 g/mol. The zero-order valence-electron chi connectivity index (χ0n) is 14.5. The molecular formula is C18H26BrClN2O2. The number of nitrogens with one attached hydrogen (secondary N) is 2. The van der Waals surface area contributed by atoms with Crippen molar-refractivity contribution in [3.05, 3.63) is 33.3 Å². The molecule has 1 aromatic carbocycles. The largest absolute Gasteiger partial charge is 0.444 e. The highest BCUT2D eigenvalue weighted by molar-refractivity contribution is 9.10. The van der Waals surface area contributed by atoms with Gasteiger partial charge in [-0.2, -0.15) is 0 Å². The minimum absolute atomic E-state index is 0.0734. The molecule has 24 heavy (non-hydrogen) atoms. The van der Waals surface area contributed by atoms with Crippen LogP contribution in [-0.2, 0) is 11.3 Å². The highest BCUT2D eigenvalue weighted by Gasteiger charge is 2.34. The molecule has 1 aliphatic rings. The predicted molar refractivity (Wildman–Crippen MR) is 101 cm³/mol. The molecule has 0 aromatic heterocycles. The number of rotatable bonds is 5. The summed E-state index contributed by atoms with van der Waals surface area (Å²) in [6.07, 6.45) is 4.08. The SMILES string of the molecule is CC(C)(C)OC(=O)NCC1(NCc2ccc(Cl)cc2Br)CCCC1. The number of ether oxygens (including phenoxy) is 1. The van der Waals surface area contributed by atoms with Crippen LogP contribution in [-0.4, -0.2) is 23.8 Å². The first-order chi connectivity index (χ1) is 11.2. The lowest BCUT2D eigenvalue weighted by Gasteiger charge is -2.31. The molecule has 1 amide bonds. The minimum atomic E-state index is -0.478. The Morgan fingerprint density at radius 2 is 2.00 bits per heavy atom. The van der Waals surface area contributed by atoms with Gasteiger partial charge >= 0.3 is 6.09 Å². The average Bonchev–Trinajstić information content (AvgIpc) is 2.92. The summed E-state index contributed by atoms with van der Waals surface area (Å²) in [6, 6.07) is 5.81. The highest BCUT2D eigenvalue weighted by Crippen LogP contribution is 2.30. The number of hydrogen-bond donors (Lipinski definition) is 2. The van der Waals surface area contributed by atoms with E-state index in [1.807, 2.05) is 39.0 Å². The average molecular weight is 418 g/mol. The van der Waals surface area contributed by atoms with Gasteiger partial charge in [-0.3, -0.25) is 0 Å². The van der Waals surface area contributed by atoms with Gasteiger partial charge < -0.3 is 15.4 Å². The summed E-state index contributed by atoms with van der Waals surface area (Å²) in [7, 11) is 0. The van der Waals surface area contributed by atoms with Crippen molar-refractivity contribution in [1.82, 2.24) is 10.6 Å². The van der Waals surface area contributed by atoms with E-state index in [-0.39, 0.29) is 11.6 Å². The number of carbonyl (C=O) groups is 1. The summed E-state index contributed by atoms with van der Waals surface area (Å²) in [6.45, 7) is 6.91. The first kappa shape index (κ1) is 19.5. The quantitative estimate of drug-likeness (QED) is 0.706. The molecule has 0 aliphatic heterocycles. The number of benzene rings is 1. The second kappa shape index (κ2) is 8.07. The Bertz CT molecular complexity index is 581. The summed E-state index contributed by atoms with van der Waals surface area (Å²) in [5, 5.41) is 7.29. The second-order valence-electron chi connectivity index (χ2n) is 7.43. The molecule has 0 unspecified atom stereocenters. The Balaban J connectivity index is 1.94. The summed E-state index contributed by atoms with van der Waals surface area (Å²) in [5.41, 5.74) is 0.604. The molecule has 0 atom stereocenters. The van der Waals surface area contributed by atoms with Gasteiger partial charge in [0.05, 0.1) is 0 Å². The van der Waals surface area contributed by atoms with E-state index in [0.717, 1.165) is 29.4 Å². The fourth-order valence-electron chi connectivity index (χ4n) is 2.97. The van der Waals surface area contributed by atoms with Gasteiger partial charge in [-0.15, -0.1) is 0 Å². The van der Waals surface area contributed by atoms with Crippen molar-refractivity contribution in [2.75, 3.05) is 6.54 Å². The van der Waals surface area contributed by atoms with Crippen LogP contribution in [0.15, 0.2) is 22.7 Å². The van der Waals surface area contributed by atoms with Crippen LogP contribution in [0.5, 0.6) is 0 Å². The lowest BCUT2D eigenvalue weighted by atomic mass is 9.97. The molecule has 4 nitrogen and oxygen atoms in total. The fourth-order valence-corrected chi connectivity index (χ4v) is 3.79. The summed E-state index contributed by atoms with van der Waals surface area (Å²) < 4.78 is 6.33. The van der Waals surface area contributed by atoms with Crippen molar-refractivity contribution in [2.24, 2.45) is 0 Å². The molecule has 1 fully saturated rings. The Hall–Kier alpha value is -0.780. The van der Waals surface area contributed by atoms with E-state index >= 15 is 0 Å². The second-order valence-corrected chi connectivity index (χ2v) is 8.72. The van der Waals surface area contributed by atoms with Crippen molar-refractivity contribution in [1.29, 1.82) is 0 Å². The van der Waals surface area contributed by atoms with E-state index in [1.165, 1.54) is 12.8 Å². The molecule has 0 heterocycles. The minimum Gasteiger partial charge on any atom is -0.444 e. The van der Waals surface area contributed by atoms with Crippen LogP contribution in [0.2, 0.25) is 5.02 Å². The van der Waals surface area contributed by atoms with Crippen LogP contribution in [0.3, 0.4) is 0 Å². The van der Waals surface area contributed by atoms with Gasteiger partial charge in [-0.25, -0.2) is 4.79 Å². The number of halogens is 2. The van der Waals surface area contributed by atoms with Crippen LogP contribution < -0.4 is 10.6 Å². The highest BCUT2D eigenvalue weighted by atomic mass is 79.9.